The van der Waals surface area contributed by atoms with Crippen LogP contribution in [-0.4, -0.2) is 34.3 Å². The van der Waals surface area contributed by atoms with Crippen LogP contribution in [0.1, 0.15) is 10.4 Å². The molecule has 1 aromatic carbocycles. The molecule has 0 aliphatic rings. The number of rotatable bonds is 4. The van der Waals surface area contributed by atoms with E-state index < -0.39 is 0 Å². The molecule has 6 heteroatoms. The molecule has 0 atom stereocenters. The molecule has 3 rings (SSSR count). The van der Waals surface area contributed by atoms with E-state index in [1.54, 1.807) is 31.1 Å². The number of ether oxygens (including phenoxy) is 1. The highest BCUT2D eigenvalue weighted by Gasteiger charge is 2.16. The Bertz CT molecular complexity index is 936. The van der Waals surface area contributed by atoms with Gasteiger partial charge >= 0.3 is 0 Å². The van der Waals surface area contributed by atoms with Gasteiger partial charge in [-0.05, 0) is 30.3 Å². The Hall–Kier alpha value is -3.33. The molecule has 24 heavy (non-hydrogen) atoms. The fourth-order valence-corrected chi connectivity index (χ4v) is 2.44. The Kier molecular flexibility index (Phi) is 4.17. The molecule has 6 nitrogen and oxygen atoms in total. The van der Waals surface area contributed by atoms with Gasteiger partial charge in [0, 0.05) is 12.6 Å². The minimum Gasteiger partial charge on any atom is -0.497 e. The van der Waals surface area contributed by atoms with Crippen molar-refractivity contribution in [2.24, 2.45) is 7.05 Å². The summed E-state index contributed by atoms with van der Waals surface area (Å²) in [6, 6.07) is 9.24. The molecule has 1 N–H and O–H groups in total. The number of methoxy groups -OCH3 is 1. The van der Waals surface area contributed by atoms with Crippen LogP contribution in [0.2, 0.25) is 0 Å². The fraction of sp³-hybridized carbons (Fsp3) is 0.167. The zero-order chi connectivity index (χ0) is 17.1. The summed E-state index contributed by atoms with van der Waals surface area (Å²) in [5.74, 6) is 2.91. The Morgan fingerprint density at radius 1 is 1.38 bits per heavy atom. The quantitative estimate of drug-likeness (QED) is 0.747. The highest BCUT2D eigenvalue weighted by molar-refractivity contribution is 6.06. The summed E-state index contributed by atoms with van der Waals surface area (Å²) < 4.78 is 6.81. The lowest BCUT2D eigenvalue weighted by Crippen LogP contribution is -2.23. The van der Waals surface area contributed by atoms with Gasteiger partial charge in [0.2, 0.25) is 0 Å². The molecule has 0 fully saturated rings. The van der Waals surface area contributed by atoms with Gasteiger partial charge in [-0.25, -0.2) is 4.98 Å². The van der Waals surface area contributed by atoms with Crippen molar-refractivity contribution in [1.82, 2.24) is 20.1 Å². The molecule has 0 aliphatic heterocycles. The van der Waals surface area contributed by atoms with Crippen molar-refractivity contribution in [1.29, 1.82) is 0 Å². The summed E-state index contributed by atoms with van der Waals surface area (Å²) in [5.41, 5.74) is 2.69. The summed E-state index contributed by atoms with van der Waals surface area (Å²) >= 11 is 0. The first kappa shape index (κ1) is 15.6. The first-order valence-electron chi connectivity index (χ1n) is 7.33. The van der Waals surface area contributed by atoms with Gasteiger partial charge < -0.3 is 10.1 Å². The van der Waals surface area contributed by atoms with Gasteiger partial charge in [-0.1, -0.05) is 5.92 Å². The second kappa shape index (κ2) is 6.42. The first-order chi connectivity index (χ1) is 11.6. The molecular formula is C18H16N4O2. The Labute approximate surface area is 139 Å². The van der Waals surface area contributed by atoms with Crippen LogP contribution < -0.4 is 10.1 Å². The Morgan fingerprint density at radius 3 is 2.79 bits per heavy atom. The van der Waals surface area contributed by atoms with Crippen LogP contribution in [0.3, 0.4) is 0 Å². The second-order valence-corrected chi connectivity index (χ2v) is 5.18. The minimum atomic E-state index is -0.247. The molecule has 0 saturated carbocycles. The molecule has 120 valence electrons. The normalized spacial score (nSPS) is 10.4. The molecule has 1 amide bonds. The highest BCUT2D eigenvalue weighted by atomic mass is 16.5. The SMILES string of the molecule is C#CCNC(=O)c1cc(-c2ccc(OC)cc2)nc2c1cnn2C. The van der Waals surface area contributed by atoms with Crippen molar-refractivity contribution >= 4 is 16.9 Å². The van der Waals surface area contributed by atoms with Crippen molar-refractivity contribution in [3.63, 3.8) is 0 Å². The summed E-state index contributed by atoms with van der Waals surface area (Å²) in [6.45, 7) is 0.167. The third kappa shape index (κ3) is 2.79. The van der Waals surface area contributed by atoms with E-state index in [9.17, 15) is 4.79 Å². The van der Waals surface area contributed by atoms with Crippen molar-refractivity contribution in [2.75, 3.05) is 13.7 Å². The molecule has 0 bridgehead atoms. The van der Waals surface area contributed by atoms with Crippen LogP contribution in [-0.2, 0) is 7.05 Å². The minimum absolute atomic E-state index is 0.167. The molecule has 0 radical (unpaired) electrons. The number of hydrogen-bond donors (Lipinski definition) is 1. The lowest BCUT2D eigenvalue weighted by molar-refractivity contribution is 0.0960. The van der Waals surface area contributed by atoms with Gasteiger partial charge in [0.15, 0.2) is 5.65 Å². The molecule has 0 unspecified atom stereocenters. The van der Waals surface area contributed by atoms with Crippen LogP contribution in [0.5, 0.6) is 5.75 Å². The predicted molar refractivity (Wildman–Crippen MR) is 91.7 cm³/mol. The Morgan fingerprint density at radius 2 is 2.12 bits per heavy atom. The second-order valence-electron chi connectivity index (χ2n) is 5.18. The standard InChI is InChI=1S/C18H16N4O2/c1-4-9-19-18(23)14-10-16(12-5-7-13(24-3)8-6-12)21-17-15(14)11-20-22(17)2/h1,5-8,10-11H,9H2,2-3H3,(H,19,23). The number of amides is 1. The van der Waals surface area contributed by atoms with Crippen LogP contribution in [0.4, 0.5) is 0 Å². The predicted octanol–water partition coefficient (Wildman–Crippen LogP) is 2.01. The summed E-state index contributed by atoms with van der Waals surface area (Å²) in [4.78, 5) is 17.0. The van der Waals surface area contributed by atoms with Gasteiger partial charge in [-0.2, -0.15) is 5.10 Å². The monoisotopic (exact) mass is 320 g/mol. The zero-order valence-corrected chi connectivity index (χ0v) is 13.4. The molecular weight excluding hydrogens is 304 g/mol. The van der Waals surface area contributed by atoms with Crippen LogP contribution in [0, 0.1) is 12.3 Å². The van der Waals surface area contributed by atoms with Crippen LogP contribution >= 0.6 is 0 Å². The molecule has 0 aliphatic carbocycles. The van der Waals surface area contributed by atoms with E-state index in [-0.39, 0.29) is 12.5 Å². The van der Waals surface area contributed by atoms with Gasteiger partial charge in [0.1, 0.15) is 5.75 Å². The summed E-state index contributed by atoms with van der Waals surface area (Å²) in [7, 11) is 3.40. The number of pyridine rings is 1. The average molecular weight is 320 g/mol. The summed E-state index contributed by atoms with van der Waals surface area (Å²) in [6.07, 6.45) is 6.84. The molecule has 0 saturated heterocycles. The van der Waals surface area contributed by atoms with Crippen molar-refractivity contribution in [3.8, 4) is 29.4 Å². The van der Waals surface area contributed by atoms with Crippen molar-refractivity contribution < 1.29 is 9.53 Å². The van der Waals surface area contributed by atoms with Gasteiger partial charge in [0.25, 0.3) is 5.91 Å². The van der Waals surface area contributed by atoms with E-state index in [0.717, 1.165) is 11.3 Å². The van der Waals surface area contributed by atoms with Crippen molar-refractivity contribution in [2.45, 2.75) is 0 Å². The van der Waals surface area contributed by atoms with E-state index in [4.69, 9.17) is 11.2 Å². The first-order valence-corrected chi connectivity index (χ1v) is 7.33. The number of terminal acetylenes is 1. The van der Waals surface area contributed by atoms with E-state index in [1.807, 2.05) is 24.3 Å². The maximum atomic E-state index is 12.4. The van der Waals surface area contributed by atoms with E-state index in [1.165, 1.54) is 0 Å². The number of nitrogens with zero attached hydrogens (tertiary/aromatic N) is 3. The zero-order valence-electron chi connectivity index (χ0n) is 13.4. The maximum absolute atomic E-state index is 12.4. The number of hydrogen-bond acceptors (Lipinski definition) is 4. The number of aromatic nitrogens is 3. The average Bonchev–Trinajstić information content (AvgIpc) is 3.00. The van der Waals surface area contributed by atoms with Crippen LogP contribution in [0.15, 0.2) is 36.5 Å². The summed E-state index contributed by atoms with van der Waals surface area (Å²) in [5, 5.41) is 7.57. The maximum Gasteiger partial charge on any atom is 0.252 e. The van der Waals surface area contributed by atoms with Crippen molar-refractivity contribution in [3.05, 3.63) is 42.1 Å². The number of aryl methyl sites for hydroxylation is 1. The number of nitrogens with one attached hydrogen (secondary N) is 1. The number of carbonyl (C=O) groups is 1. The molecule has 3 aromatic rings. The third-order valence-electron chi connectivity index (χ3n) is 3.69. The van der Waals surface area contributed by atoms with E-state index in [0.29, 0.717) is 22.3 Å². The van der Waals surface area contributed by atoms with E-state index in [2.05, 4.69) is 21.3 Å². The molecule has 2 heterocycles. The lowest BCUT2D eigenvalue weighted by atomic mass is 10.1. The smallest absolute Gasteiger partial charge is 0.252 e. The third-order valence-corrected chi connectivity index (χ3v) is 3.69. The number of carbonyl (C=O) groups excluding carboxylic acids is 1. The highest BCUT2D eigenvalue weighted by Crippen LogP contribution is 2.26. The molecule has 2 aromatic heterocycles. The topological polar surface area (TPSA) is 69.0 Å². The number of fused-ring (bicyclic) bond motifs is 1. The van der Waals surface area contributed by atoms with E-state index >= 15 is 0 Å². The van der Waals surface area contributed by atoms with Gasteiger partial charge in [0.05, 0.1) is 36.5 Å². The fourth-order valence-electron chi connectivity index (χ4n) is 2.44. The molecule has 0 spiro atoms. The largest absolute Gasteiger partial charge is 0.497 e. The Balaban J connectivity index is 2.13. The van der Waals surface area contributed by atoms with Gasteiger partial charge in [-0.15, -0.1) is 6.42 Å². The number of benzene rings is 1. The lowest BCUT2D eigenvalue weighted by Gasteiger charge is -2.08. The van der Waals surface area contributed by atoms with Gasteiger partial charge in [-0.3, -0.25) is 9.48 Å². The van der Waals surface area contributed by atoms with Crippen LogP contribution in [0.25, 0.3) is 22.3 Å².